The SMILES string of the molecule is O=C1Cc2cc(C(Br)c3ccoc3)ccc2N1. The first kappa shape index (κ1) is 10.6. The molecule has 1 unspecified atom stereocenters. The van der Waals surface area contributed by atoms with Crippen molar-refractivity contribution in [2.24, 2.45) is 0 Å². The normalized spacial score (nSPS) is 15.5. The van der Waals surface area contributed by atoms with Crippen LogP contribution in [0.5, 0.6) is 0 Å². The molecular weight excluding hydrogens is 282 g/mol. The number of rotatable bonds is 2. The predicted molar refractivity (Wildman–Crippen MR) is 68.3 cm³/mol. The molecule has 3 nitrogen and oxygen atoms in total. The van der Waals surface area contributed by atoms with Crippen LogP contribution in [-0.4, -0.2) is 5.91 Å². The molecule has 0 saturated carbocycles. The van der Waals surface area contributed by atoms with E-state index in [0.29, 0.717) is 6.42 Å². The van der Waals surface area contributed by atoms with Crippen molar-refractivity contribution in [1.29, 1.82) is 0 Å². The van der Waals surface area contributed by atoms with E-state index in [4.69, 9.17) is 4.42 Å². The van der Waals surface area contributed by atoms with Gasteiger partial charge in [0.2, 0.25) is 5.91 Å². The van der Waals surface area contributed by atoms with Gasteiger partial charge in [-0.2, -0.15) is 0 Å². The average Bonchev–Trinajstić information content (AvgIpc) is 2.94. The van der Waals surface area contributed by atoms with Crippen molar-refractivity contribution in [3.63, 3.8) is 0 Å². The molecular formula is C13H10BrNO2. The molecule has 86 valence electrons. The van der Waals surface area contributed by atoms with E-state index >= 15 is 0 Å². The fraction of sp³-hybridized carbons (Fsp3) is 0.154. The van der Waals surface area contributed by atoms with Gasteiger partial charge in [0.05, 0.1) is 23.8 Å². The third kappa shape index (κ3) is 1.89. The van der Waals surface area contributed by atoms with E-state index in [1.54, 1.807) is 12.5 Å². The average molecular weight is 292 g/mol. The first-order valence-electron chi connectivity index (χ1n) is 5.33. The number of anilines is 1. The maximum Gasteiger partial charge on any atom is 0.228 e. The highest BCUT2D eigenvalue weighted by Crippen LogP contribution is 2.34. The second kappa shape index (κ2) is 4.04. The number of fused-ring (bicyclic) bond motifs is 1. The van der Waals surface area contributed by atoms with Crippen LogP contribution in [0.2, 0.25) is 0 Å². The Morgan fingerprint density at radius 1 is 1.29 bits per heavy atom. The first-order chi connectivity index (χ1) is 8.24. The van der Waals surface area contributed by atoms with Crippen molar-refractivity contribution in [3.05, 3.63) is 53.5 Å². The maximum atomic E-state index is 11.3. The zero-order chi connectivity index (χ0) is 11.8. The summed E-state index contributed by atoms with van der Waals surface area (Å²) >= 11 is 3.63. The minimum absolute atomic E-state index is 0.0617. The smallest absolute Gasteiger partial charge is 0.228 e. The van der Waals surface area contributed by atoms with Crippen molar-refractivity contribution in [3.8, 4) is 0 Å². The molecule has 2 aromatic rings. The summed E-state index contributed by atoms with van der Waals surface area (Å²) in [6.07, 6.45) is 3.84. The lowest BCUT2D eigenvalue weighted by Gasteiger charge is -2.09. The third-order valence-corrected chi connectivity index (χ3v) is 3.94. The van der Waals surface area contributed by atoms with Crippen molar-refractivity contribution in [2.75, 3.05) is 5.32 Å². The summed E-state index contributed by atoms with van der Waals surface area (Å²) < 4.78 is 5.07. The minimum Gasteiger partial charge on any atom is -0.472 e. The second-order valence-electron chi connectivity index (χ2n) is 4.06. The number of benzene rings is 1. The number of alkyl halides is 1. The third-order valence-electron chi connectivity index (χ3n) is 2.88. The number of hydrogen-bond donors (Lipinski definition) is 1. The van der Waals surface area contributed by atoms with E-state index < -0.39 is 0 Å². The topological polar surface area (TPSA) is 42.2 Å². The molecule has 2 heterocycles. The highest BCUT2D eigenvalue weighted by atomic mass is 79.9. The molecule has 1 aromatic heterocycles. The van der Waals surface area contributed by atoms with Gasteiger partial charge in [-0.05, 0) is 23.3 Å². The number of furan rings is 1. The first-order valence-corrected chi connectivity index (χ1v) is 6.24. The molecule has 1 amide bonds. The molecule has 1 aromatic carbocycles. The number of carbonyl (C=O) groups is 1. The highest BCUT2D eigenvalue weighted by Gasteiger charge is 2.20. The van der Waals surface area contributed by atoms with Crippen molar-refractivity contribution < 1.29 is 9.21 Å². The molecule has 1 aliphatic rings. The molecule has 3 rings (SSSR count). The van der Waals surface area contributed by atoms with Crippen LogP contribution in [0.1, 0.15) is 21.5 Å². The maximum absolute atomic E-state index is 11.3. The van der Waals surface area contributed by atoms with Gasteiger partial charge in [-0.3, -0.25) is 4.79 Å². The largest absolute Gasteiger partial charge is 0.472 e. The fourth-order valence-electron chi connectivity index (χ4n) is 2.02. The quantitative estimate of drug-likeness (QED) is 0.863. The Labute approximate surface area is 107 Å². The van der Waals surface area contributed by atoms with Gasteiger partial charge in [0.15, 0.2) is 0 Å². The van der Waals surface area contributed by atoms with Crippen molar-refractivity contribution in [1.82, 2.24) is 0 Å². The van der Waals surface area contributed by atoms with Crippen LogP contribution in [0.15, 0.2) is 41.2 Å². The monoisotopic (exact) mass is 291 g/mol. The number of halogens is 1. The van der Waals surface area contributed by atoms with Gasteiger partial charge in [-0.15, -0.1) is 0 Å². The zero-order valence-electron chi connectivity index (χ0n) is 8.94. The van der Waals surface area contributed by atoms with E-state index in [9.17, 15) is 4.79 Å². The molecule has 0 spiro atoms. The summed E-state index contributed by atoms with van der Waals surface area (Å²) in [6.45, 7) is 0. The van der Waals surface area contributed by atoms with E-state index in [0.717, 1.165) is 22.4 Å². The fourth-order valence-corrected chi connectivity index (χ4v) is 2.56. The molecule has 0 bridgehead atoms. The molecule has 0 radical (unpaired) electrons. The summed E-state index contributed by atoms with van der Waals surface area (Å²) in [4.78, 5) is 11.4. The van der Waals surface area contributed by atoms with Crippen molar-refractivity contribution in [2.45, 2.75) is 11.2 Å². The number of amides is 1. The van der Waals surface area contributed by atoms with Gasteiger partial charge in [0.25, 0.3) is 0 Å². The Kier molecular flexibility index (Phi) is 2.52. The summed E-state index contributed by atoms with van der Waals surface area (Å²) in [7, 11) is 0. The van der Waals surface area contributed by atoms with Crippen LogP contribution in [-0.2, 0) is 11.2 Å². The van der Waals surface area contributed by atoms with Crippen LogP contribution >= 0.6 is 15.9 Å². The Bertz CT molecular complexity index is 563. The molecule has 0 fully saturated rings. The van der Waals surface area contributed by atoms with E-state index in [2.05, 4.69) is 27.3 Å². The number of hydrogen-bond acceptors (Lipinski definition) is 2. The second-order valence-corrected chi connectivity index (χ2v) is 4.98. The lowest BCUT2D eigenvalue weighted by atomic mass is 10.0. The van der Waals surface area contributed by atoms with Crippen LogP contribution in [0.25, 0.3) is 0 Å². The van der Waals surface area contributed by atoms with Crippen LogP contribution in [0.4, 0.5) is 5.69 Å². The summed E-state index contributed by atoms with van der Waals surface area (Å²) in [6, 6.07) is 7.94. The molecule has 17 heavy (non-hydrogen) atoms. The van der Waals surface area contributed by atoms with Crippen molar-refractivity contribution >= 4 is 27.5 Å². The van der Waals surface area contributed by atoms with Crippen LogP contribution in [0.3, 0.4) is 0 Å². The van der Waals surface area contributed by atoms with E-state index in [1.807, 2.05) is 18.2 Å². The highest BCUT2D eigenvalue weighted by molar-refractivity contribution is 9.09. The van der Waals surface area contributed by atoms with Gasteiger partial charge in [0, 0.05) is 11.3 Å². The minimum atomic E-state index is 0.0617. The zero-order valence-corrected chi connectivity index (χ0v) is 10.5. The molecule has 1 aliphatic heterocycles. The summed E-state index contributed by atoms with van der Waals surface area (Å²) in [5, 5.41) is 2.83. The summed E-state index contributed by atoms with van der Waals surface area (Å²) in [5.74, 6) is 0.0617. The molecule has 1 atom stereocenters. The Balaban J connectivity index is 1.95. The molecule has 1 N–H and O–H groups in total. The lowest BCUT2D eigenvalue weighted by Crippen LogP contribution is -2.03. The Morgan fingerprint density at radius 3 is 2.94 bits per heavy atom. The van der Waals surface area contributed by atoms with Gasteiger partial charge in [-0.25, -0.2) is 0 Å². The standard InChI is InChI=1S/C13H10BrNO2/c14-13(9-3-4-17-7-9)8-1-2-11-10(5-8)6-12(16)15-11/h1-5,7,13H,6H2,(H,15,16). The molecule has 0 aliphatic carbocycles. The van der Waals surface area contributed by atoms with Gasteiger partial charge < -0.3 is 9.73 Å². The lowest BCUT2D eigenvalue weighted by molar-refractivity contribution is -0.115. The molecule has 0 saturated heterocycles. The number of nitrogens with one attached hydrogen (secondary N) is 1. The molecule has 4 heteroatoms. The van der Waals surface area contributed by atoms with Crippen LogP contribution in [0, 0.1) is 0 Å². The predicted octanol–water partition coefficient (Wildman–Crippen LogP) is 3.26. The van der Waals surface area contributed by atoms with Gasteiger partial charge in [-0.1, -0.05) is 28.1 Å². The number of carbonyl (C=O) groups excluding carboxylic acids is 1. The van der Waals surface area contributed by atoms with Gasteiger partial charge in [0.1, 0.15) is 0 Å². The van der Waals surface area contributed by atoms with E-state index in [1.165, 1.54) is 0 Å². The Morgan fingerprint density at radius 2 is 2.18 bits per heavy atom. The van der Waals surface area contributed by atoms with E-state index in [-0.39, 0.29) is 10.7 Å². The van der Waals surface area contributed by atoms with Crippen LogP contribution < -0.4 is 5.32 Å². The Hall–Kier alpha value is -1.55. The van der Waals surface area contributed by atoms with Gasteiger partial charge >= 0.3 is 0 Å². The summed E-state index contributed by atoms with van der Waals surface area (Å²) in [5.41, 5.74) is 4.18.